The van der Waals surface area contributed by atoms with Crippen LogP contribution in [0.1, 0.15) is 58.0 Å². The highest BCUT2D eigenvalue weighted by Crippen LogP contribution is 2.33. The van der Waals surface area contributed by atoms with Crippen LogP contribution in [0.3, 0.4) is 0 Å². The fourth-order valence-corrected chi connectivity index (χ4v) is 4.27. The van der Waals surface area contributed by atoms with Crippen LogP contribution in [-0.2, 0) is 18.4 Å². The summed E-state index contributed by atoms with van der Waals surface area (Å²) < 4.78 is 13.5. The summed E-state index contributed by atoms with van der Waals surface area (Å²) in [6.45, 7) is 12.0. The first kappa shape index (κ1) is 24.1. The topological polar surface area (TPSA) is 68.6 Å². The Balaban J connectivity index is 1.62. The molecule has 1 fully saturated rings. The Morgan fingerprint density at radius 3 is 2.44 bits per heavy atom. The Kier molecular flexibility index (Phi) is 8.56. The molecular weight excluding hydrogens is 404 g/mol. The molecule has 1 saturated heterocycles. The molecule has 3 rings (SSSR count). The Morgan fingerprint density at radius 2 is 1.84 bits per heavy atom. The van der Waals surface area contributed by atoms with Crippen molar-refractivity contribution in [1.29, 1.82) is 0 Å². The van der Waals surface area contributed by atoms with Crippen LogP contribution in [0.2, 0.25) is 0 Å². The number of carbonyl (C=O) groups excluding carboxylic acids is 1. The molecule has 1 aliphatic heterocycles. The predicted octanol–water partition coefficient (Wildman–Crippen LogP) is 3.94. The van der Waals surface area contributed by atoms with Gasteiger partial charge in [0, 0.05) is 25.4 Å². The van der Waals surface area contributed by atoms with Crippen LogP contribution in [0, 0.1) is 11.8 Å². The van der Waals surface area contributed by atoms with Crippen molar-refractivity contribution in [1.82, 2.24) is 19.8 Å². The fourth-order valence-electron chi connectivity index (χ4n) is 4.27. The van der Waals surface area contributed by atoms with Gasteiger partial charge >= 0.3 is 0 Å². The lowest BCUT2D eigenvalue weighted by Crippen LogP contribution is -2.42. The molecule has 1 aromatic carbocycles. The van der Waals surface area contributed by atoms with Crippen LogP contribution < -0.4 is 14.8 Å². The second kappa shape index (κ2) is 11.4. The van der Waals surface area contributed by atoms with Gasteiger partial charge in [0.25, 0.3) is 0 Å². The number of rotatable bonds is 10. The molecule has 0 saturated carbocycles. The minimum absolute atomic E-state index is 0.0444. The van der Waals surface area contributed by atoms with Gasteiger partial charge in [-0.05, 0) is 63.4 Å². The standard InChI is InChI=1S/C25H38N4O3/c1-6-31-21-9-8-20(16-22(21)32-7-2)24(18(3)4)27-25(30)19-10-13-29(14-11-19)17-23-26-12-15-28(23)5/h8-9,12,15-16,18-19,24H,6-7,10-11,13-14,17H2,1-5H3,(H,27,30). The highest BCUT2D eigenvalue weighted by Gasteiger charge is 2.28. The van der Waals surface area contributed by atoms with Crippen molar-refractivity contribution in [2.24, 2.45) is 18.9 Å². The molecule has 2 heterocycles. The molecule has 0 aliphatic carbocycles. The molecule has 1 aromatic heterocycles. The SMILES string of the molecule is CCOc1ccc(C(NC(=O)C2CCN(Cc3nccn3C)CC2)C(C)C)cc1OCC. The Morgan fingerprint density at radius 1 is 1.16 bits per heavy atom. The van der Waals surface area contributed by atoms with Gasteiger partial charge in [-0.3, -0.25) is 9.69 Å². The van der Waals surface area contributed by atoms with E-state index < -0.39 is 0 Å². The van der Waals surface area contributed by atoms with Gasteiger partial charge < -0.3 is 19.4 Å². The second-order valence-corrected chi connectivity index (χ2v) is 8.81. The third-order valence-corrected chi connectivity index (χ3v) is 6.14. The predicted molar refractivity (Wildman–Crippen MR) is 126 cm³/mol. The van der Waals surface area contributed by atoms with Crippen LogP contribution in [-0.4, -0.2) is 46.7 Å². The number of imidazole rings is 1. The average Bonchev–Trinajstić information content (AvgIpc) is 3.18. The molecule has 1 amide bonds. The van der Waals surface area contributed by atoms with Crippen molar-refractivity contribution >= 4 is 5.91 Å². The molecule has 32 heavy (non-hydrogen) atoms. The molecule has 1 N–H and O–H groups in total. The van der Waals surface area contributed by atoms with Crippen molar-refractivity contribution in [2.45, 2.75) is 53.1 Å². The van der Waals surface area contributed by atoms with Crippen molar-refractivity contribution in [2.75, 3.05) is 26.3 Å². The van der Waals surface area contributed by atoms with Gasteiger partial charge in [-0.15, -0.1) is 0 Å². The Hall–Kier alpha value is -2.54. The van der Waals surface area contributed by atoms with E-state index in [0.717, 1.165) is 55.4 Å². The number of aryl methyl sites for hydroxylation is 1. The van der Waals surface area contributed by atoms with Crippen LogP contribution in [0.4, 0.5) is 0 Å². The lowest BCUT2D eigenvalue weighted by atomic mass is 9.92. The number of nitrogens with one attached hydrogen (secondary N) is 1. The summed E-state index contributed by atoms with van der Waals surface area (Å²) in [5.74, 6) is 2.99. The molecule has 1 atom stereocenters. The van der Waals surface area contributed by atoms with Gasteiger partial charge in [-0.1, -0.05) is 19.9 Å². The van der Waals surface area contributed by atoms with Crippen molar-refractivity contribution in [3.63, 3.8) is 0 Å². The van der Waals surface area contributed by atoms with E-state index in [4.69, 9.17) is 9.47 Å². The summed E-state index contributed by atoms with van der Waals surface area (Å²) in [5, 5.41) is 3.32. The van der Waals surface area contributed by atoms with Gasteiger partial charge in [0.15, 0.2) is 11.5 Å². The highest BCUT2D eigenvalue weighted by molar-refractivity contribution is 5.79. The molecule has 176 valence electrons. The number of nitrogens with zero attached hydrogens (tertiary/aromatic N) is 3. The van der Waals surface area contributed by atoms with Gasteiger partial charge in [0.1, 0.15) is 5.82 Å². The molecule has 0 radical (unpaired) electrons. The first-order valence-corrected chi connectivity index (χ1v) is 11.8. The van der Waals surface area contributed by atoms with Crippen molar-refractivity contribution in [3.05, 3.63) is 42.0 Å². The smallest absolute Gasteiger partial charge is 0.223 e. The van der Waals surface area contributed by atoms with Crippen LogP contribution >= 0.6 is 0 Å². The summed E-state index contributed by atoms with van der Waals surface area (Å²) in [5.41, 5.74) is 1.05. The number of benzene rings is 1. The highest BCUT2D eigenvalue weighted by atomic mass is 16.5. The Bertz CT molecular complexity index is 872. The van der Waals surface area contributed by atoms with Gasteiger partial charge in [-0.25, -0.2) is 4.98 Å². The van der Waals surface area contributed by atoms with Crippen LogP contribution in [0.25, 0.3) is 0 Å². The molecule has 7 heteroatoms. The number of carbonyl (C=O) groups is 1. The minimum Gasteiger partial charge on any atom is -0.490 e. The summed E-state index contributed by atoms with van der Waals surface area (Å²) in [7, 11) is 2.02. The van der Waals surface area contributed by atoms with E-state index in [1.165, 1.54) is 0 Å². The average molecular weight is 443 g/mol. The molecule has 1 unspecified atom stereocenters. The van der Waals surface area contributed by atoms with Crippen molar-refractivity contribution < 1.29 is 14.3 Å². The summed E-state index contributed by atoms with van der Waals surface area (Å²) >= 11 is 0. The summed E-state index contributed by atoms with van der Waals surface area (Å²) in [4.78, 5) is 19.9. The molecule has 7 nitrogen and oxygen atoms in total. The van der Waals surface area contributed by atoms with Crippen molar-refractivity contribution in [3.8, 4) is 11.5 Å². The van der Waals surface area contributed by atoms with Gasteiger partial charge in [0.05, 0.1) is 25.8 Å². The number of likely N-dealkylation sites (tertiary alicyclic amines) is 1. The van der Waals surface area contributed by atoms with E-state index >= 15 is 0 Å². The van der Waals surface area contributed by atoms with E-state index in [1.54, 1.807) is 0 Å². The summed E-state index contributed by atoms with van der Waals surface area (Å²) in [6, 6.07) is 5.92. The summed E-state index contributed by atoms with van der Waals surface area (Å²) in [6.07, 6.45) is 5.54. The number of piperidine rings is 1. The maximum atomic E-state index is 13.1. The van der Waals surface area contributed by atoms with E-state index in [-0.39, 0.29) is 23.8 Å². The van der Waals surface area contributed by atoms with E-state index in [9.17, 15) is 4.79 Å². The largest absolute Gasteiger partial charge is 0.490 e. The maximum absolute atomic E-state index is 13.1. The molecule has 0 spiro atoms. The van der Waals surface area contributed by atoms with Gasteiger partial charge in [0.2, 0.25) is 5.91 Å². The lowest BCUT2D eigenvalue weighted by Gasteiger charge is -2.32. The normalized spacial score (nSPS) is 16.2. The Labute approximate surface area is 192 Å². The van der Waals surface area contributed by atoms with E-state index in [0.29, 0.717) is 13.2 Å². The number of amides is 1. The van der Waals surface area contributed by atoms with E-state index in [1.807, 2.05) is 51.5 Å². The minimum atomic E-state index is -0.0667. The first-order valence-electron chi connectivity index (χ1n) is 11.8. The second-order valence-electron chi connectivity index (χ2n) is 8.81. The van der Waals surface area contributed by atoms with Crippen LogP contribution in [0.5, 0.6) is 11.5 Å². The van der Waals surface area contributed by atoms with Gasteiger partial charge in [-0.2, -0.15) is 0 Å². The van der Waals surface area contributed by atoms with Crippen LogP contribution in [0.15, 0.2) is 30.6 Å². The lowest BCUT2D eigenvalue weighted by molar-refractivity contribution is -0.127. The molecular formula is C25H38N4O3. The third kappa shape index (κ3) is 6.03. The molecule has 1 aliphatic rings. The third-order valence-electron chi connectivity index (χ3n) is 6.14. The zero-order chi connectivity index (χ0) is 23.1. The fraction of sp³-hybridized carbons (Fsp3) is 0.600. The number of hydrogen-bond acceptors (Lipinski definition) is 5. The number of hydrogen-bond donors (Lipinski definition) is 1. The first-order chi connectivity index (χ1) is 15.4. The van der Waals surface area contributed by atoms with E-state index in [2.05, 4.69) is 33.6 Å². The maximum Gasteiger partial charge on any atom is 0.223 e. The zero-order valence-electron chi connectivity index (χ0n) is 20.1. The number of aromatic nitrogens is 2. The molecule has 0 bridgehead atoms. The zero-order valence-corrected chi connectivity index (χ0v) is 20.1. The quantitative estimate of drug-likeness (QED) is 0.604. The monoisotopic (exact) mass is 442 g/mol. The molecule has 2 aromatic rings. The number of ether oxygens (including phenoxy) is 2.